The van der Waals surface area contributed by atoms with Crippen LogP contribution in [-0.2, 0) is 4.79 Å². The summed E-state index contributed by atoms with van der Waals surface area (Å²) in [7, 11) is 0. The fourth-order valence-electron chi connectivity index (χ4n) is 4.85. The summed E-state index contributed by atoms with van der Waals surface area (Å²) in [6.07, 6.45) is 11.7. The van der Waals surface area contributed by atoms with Crippen LogP contribution in [0.25, 0.3) is 0 Å². The van der Waals surface area contributed by atoms with Gasteiger partial charge in [-0.15, -0.1) is 0 Å². The standard InChI is InChI=1S/C18H25N3O/c22-17-18(8-2-1-3-9-18)16(14-4-10-19-11-5-14)21(17)15-6-12-20-13-7-15/h4-5,10-11,15-16,20H,1-3,6-9,12-13H2. The van der Waals surface area contributed by atoms with Crippen LogP contribution in [0.5, 0.6) is 0 Å². The van der Waals surface area contributed by atoms with E-state index in [2.05, 4.69) is 27.3 Å². The van der Waals surface area contributed by atoms with E-state index in [1.807, 2.05) is 12.4 Å². The van der Waals surface area contributed by atoms with Crippen LogP contribution in [0.15, 0.2) is 24.5 Å². The second-order valence-corrected chi connectivity index (χ2v) is 7.09. The highest BCUT2D eigenvalue weighted by molar-refractivity contribution is 5.91. The second-order valence-electron chi connectivity index (χ2n) is 7.09. The maximum absolute atomic E-state index is 13.1. The molecule has 0 radical (unpaired) electrons. The fraction of sp³-hybridized carbons (Fsp3) is 0.667. The first-order valence-electron chi connectivity index (χ1n) is 8.76. The van der Waals surface area contributed by atoms with Gasteiger partial charge in [-0.05, 0) is 56.5 Å². The lowest BCUT2D eigenvalue weighted by Gasteiger charge is -2.61. The third-order valence-electron chi connectivity index (χ3n) is 5.93. The van der Waals surface area contributed by atoms with Crippen LogP contribution in [0.2, 0.25) is 0 Å². The van der Waals surface area contributed by atoms with Crippen molar-refractivity contribution in [2.75, 3.05) is 13.1 Å². The van der Waals surface area contributed by atoms with Crippen LogP contribution in [0.3, 0.4) is 0 Å². The first kappa shape index (κ1) is 14.2. The van der Waals surface area contributed by atoms with Gasteiger partial charge in [-0.25, -0.2) is 0 Å². The van der Waals surface area contributed by atoms with Crippen molar-refractivity contribution >= 4 is 5.91 Å². The van der Waals surface area contributed by atoms with Gasteiger partial charge in [0.2, 0.25) is 5.91 Å². The highest BCUT2D eigenvalue weighted by Gasteiger charge is 2.62. The van der Waals surface area contributed by atoms with Crippen molar-refractivity contribution in [1.29, 1.82) is 0 Å². The van der Waals surface area contributed by atoms with Gasteiger partial charge in [-0.1, -0.05) is 19.3 Å². The Labute approximate surface area is 132 Å². The van der Waals surface area contributed by atoms with E-state index in [4.69, 9.17) is 0 Å². The van der Waals surface area contributed by atoms with Gasteiger partial charge in [0.05, 0.1) is 11.5 Å². The monoisotopic (exact) mass is 299 g/mol. The van der Waals surface area contributed by atoms with E-state index in [-0.39, 0.29) is 11.5 Å². The molecule has 0 bridgehead atoms. The van der Waals surface area contributed by atoms with Crippen LogP contribution in [0, 0.1) is 5.41 Å². The molecular formula is C18H25N3O. The second kappa shape index (κ2) is 5.65. The number of nitrogens with zero attached hydrogens (tertiary/aromatic N) is 2. The summed E-state index contributed by atoms with van der Waals surface area (Å²) >= 11 is 0. The van der Waals surface area contributed by atoms with Gasteiger partial charge in [-0.2, -0.15) is 0 Å². The Hall–Kier alpha value is -1.42. The Morgan fingerprint density at radius 3 is 2.45 bits per heavy atom. The quantitative estimate of drug-likeness (QED) is 0.854. The minimum absolute atomic E-state index is 0.107. The molecule has 1 amide bonds. The first-order valence-corrected chi connectivity index (χ1v) is 8.76. The number of nitrogens with one attached hydrogen (secondary N) is 1. The molecule has 4 rings (SSSR count). The number of rotatable bonds is 2. The number of hydrogen-bond acceptors (Lipinski definition) is 3. The number of aromatic nitrogens is 1. The molecule has 0 aromatic carbocycles. The number of likely N-dealkylation sites (tertiary alicyclic amines) is 1. The molecule has 1 saturated carbocycles. The summed E-state index contributed by atoms with van der Waals surface area (Å²) in [6.45, 7) is 2.06. The zero-order valence-electron chi connectivity index (χ0n) is 13.1. The Morgan fingerprint density at radius 1 is 1.09 bits per heavy atom. The average molecular weight is 299 g/mol. The number of β-lactam (4-membered cyclic amide) rings is 1. The lowest BCUT2D eigenvalue weighted by molar-refractivity contribution is -0.185. The van der Waals surface area contributed by atoms with Crippen molar-refractivity contribution in [1.82, 2.24) is 15.2 Å². The molecule has 2 saturated heterocycles. The van der Waals surface area contributed by atoms with E-state index in [0.29, 0.717) is 11.9 Å². The highest BCUT2D eigenvalue weighted by Crippen LogP contribution is 2.59. The summed E-state index contributed by atoms with van der Waals surface area (Å²) in [6, 6.07) is 4.93. The van der Waals surface area contributed by atoms with Crippen LogP contribution in [0.4, 0.5) is 0 Å². The smallest absolute Gasteiger partial charge is 0.232 e. The van der Waals surface area contributed by atoms with Gasteiger partial charge in [0.15, 0.2) is 0 Å². The normalized spacial score (nSPS) is 28.6. The molecule has 22 heavy (non-hydrogen) atoms. The number of carbonyl (C=O) groups is 1. The van der Waals surface area contributed by atoms with Crippen LogP contribution >= 0.6 is 0 Å². The molecule has 1 aliphatic carbocycles. The van der Waals surface area contributed by atoms with Crippen LogP contribution in [-0.4, -0.2) is 34.9 Å². The molecule has 1 aromatic heterocycles. The molecule has 4 heteroatoms. The minimum atomic E-state index is -0.107. The van der Waals surface area contributed by atoms with E-state index >= 15 is 0 Å². The summed E-state index contributed by atoms with van der Waals surface area (Å²) in [5, 5.41) is 3.41. The van der Waals surface area contributed by atoms with E-state index < -0.39 is 0 Å². The van der Waals surface area contributed by atoms with E-state index in [9.17, 15) is 4.79 Å². The molecule has 1 atom stereocenters. The molecule has 1 aromatic rings. The summed E-state index contributed by atoms with van der Waals surface area (Å²) in [5.41, 5.74) is 1.18. The van der Waals surface area contributed by atoms with Gasteiger partial charge in [0, 0.05) is 18.4 Å². The van der Waals surface area contributed by atoms with Gasteiger partial charge >= 0.3 is 0 Å². The number of piperidine rings is 1. The molecule has 3 heterocycles. The molecule has 1 unspecified atom stereocenters. The van der Waals surface area contributed by atoms with Crippen molar-refractivity contribution in [2.24, 2.45) is 5.41 Å². The van der Waals surface area contributed by atoms with Crippen LogP contribution in [0.1, 0.15) is 56.6 Å². The van der Waals surface area contributed by atoms with E-state index in [1.165, 1.54) is 24.8 Å². The molecule has 4 nitrogen and oxygen atoms in total. The average Bonchev–Trinajstić information content (AvgIpc) is 2.61. The molecular weight excluding hydrogens is 274 g/mol. The maximum Gasteiger partial charge on any atom is 0.232 e. The Kier molecular flexibility index (Phi) is 3.65. The molecule has 3 aliphatic rings. The molecule has 1 N–H and O–H groups in total. The zero-order valence-corrected chi connectivity index (χ0v) is 13.1. The first-order chi connectivity index (χ1) is 10.8. The number of hydrogen-bond donors (Lipinski definition) is 1. The topological polar surface area (TPSA) is 45.2 Å². The van der Waals surface area contributed by atoms with Crippen molar-refractivity contribution in [3.8, 4) is 0 Å². The highest BCUT2D eigenvalue weighted by atomic mass is 16.2. The third-order valence-corrected chi connectivity index (χ3v) is 5.93. The zero-order chi connectivity index (χ0) is 15.0. The molecule has 3 fully saturated rings. The fourth-order valence-corrected chi connectivity index (χ4v) is 4.85. The third kappa shape index (κ3) is 2.08. The van der Waals surface area contributed by atoms with Gasteiger partial charge in [0.1, 0.15) is 0 Å². The van der Waals surface area contributed by atoms with Crippen molar-refractivity contribution in [3.05, 3.63) is 30.1 Å². The predicted molar refractivity (Wildman–Crippen MR) is 85.2 cm³/mol. The molecule has 1 spiro atoms. The SMILES string of the molecule is O=C1N(C2CCNCC2)C(c2ccncc2)C12CCCCC2. The summed E-state index contributed by atoms with van der Waals surface area (Å²) in [5.74, 6) is 0.431. The van der Waals surface area contributed by atoms with Gasteiger partial charge < -0.3 is 10.2 Å². The van der Waals surface area contributed by atoms with Crippen LogP contribution < -0.4 is 5.32 Å². The lowest BCUT2D eigenvalue weighted by Crippen LogP contribution is -2.67. The van der Waals surface area contributed by atoms with Crippen molar-refractivity contribution in [2.45, 2.75) is 57.0 Å². The lowest BCUT2D eigenvalue weighted by atomic mass is 9.59. The van der Waals surface area contributed by atoms with Crippen molar-refractivity contribution < 1.29 is 4.79 Å². The number of carbonyl (C=O) groups excluding carboxylic acids is 1. The van der Waals surface area contributed by atoms with Crippen molar-refractivity contribution in [3.63, 3.8) is 0 Å². The maximum atomic E-state index is 13.1. The Morgan fingerprint density at radius 2 is 1.77 bits per heavy atom. The summed E-state index contributed by atoms with van der Waals surface area (Å²) < 4.78 is 0. The predicted octanol–water partition coefficient (Wildman–Crippen LogP) is 2.67. The minimum Gasteiger partial charge on any atom is -0.331 e. The molecule has 118 valence electrons. The molecule has 2 aliphatic heterocycles. The number of pyridine rings is 1. The van der Waals surface area contributed by atoms with E-state index in [0.717, 1.165) is 38.8 Å². The Balaban J connectivity index is 1.67. The van der Waals surface area contributed by atoms with E-state index in [1.54, 1.807) is 0 Å². The Bertz CT molecular complexity index is 533. The van der Waals surface area contributed by atoms with Gasteiger partial charge in [0.25, 0.3) is 0 Å². The number of amides is 1. The summed E-state index contributed by atoms with van der Waals surface area (Å²) in [4.78, 5) is 19.5. The van der Waals surface area contributed by atoms with Gasteiger partial charge in [-0.3, -0.25) is 9.78 Å². The largest absolute Gasteiger partial charge is 0.331 e.